The lowest BCUT2D eigenvalue weighted by atomic mass is 9.97. The van der Waals surface area contributed by atoms with E-state index in [9.17, 15) is 4.79 Å². The zero-order chi connectivity index (χ0) is 10.8. The second-order valence-electron chi connectivity index (χ2n) is 5.23. The van der Waals surface area contributed by atoms with E-state index in [2.05, 4.69) is 24.5 Å². The molecular weight excluding hydrogens is 188 g/mol. The van der Waals surface area contributed by atoms with Crippen molar-refractivity contribution in [3.8, 4) is 0 Å². The van der Waals surface area contributed by atoms with Crippen LogP contribution in [0.25, 0.3) is 0 Å². The SMILES string of the molecule is CC1CCC(NCC2CCC(=O)N2)C1C. The van der Waals surface area contributed by atoms with Gasteiger partial charge in [-0.15, -0.1) is 0 Å². The van der Waals surface area contributed by atoms with E-state index < -0.39 is 0 Å². The first-order chi connectivity index (χ1) is 7.16. The van der Waals surface area contributed by atoms with Crippen molar-refractivity contribution in [3.05, 3.63) is 0 Å². The second-order valence-corrected chi connectivity index (χ2v) is 5.23. The van der Waals surface area contributed by atoms with Crippen molar-refractivity contribution >= 4 is 5.91 Å². The number of hydrogen-bond donors (Lipinski definition) is 2. The maximum absolute atomic E-state index is 11.0. The lowest BCUT2D eigenvalue weighted by Crippen LogP contribution is -2.41. The summed E-state index contributed by atoms with van der Waals surface area (Å²) in [5, 5.41) is 6.61. The monoisotopic (exact) mass is 210 g/mol. The Morgan fingerprint density at radius 1 is 1.33 bits per heavy atom. The Kier molecular flexibility index (Phi) is 3.29. The molecule has 1 heterocycles. The molecule has 3 nitrogen and oxygen atoms in total. The average molecular weight is 210 g/mol. The molecule has 0 spiro atoms. The van der Waals surface area contributed by atoms with Crippen molar-refractivity contribution in [2.45, 2.75) is 51.6 Å². The smallest absolute Gasteiger partial charge is 0.220 e. The molecule has 4 atom stereocenters. The predicted molar refractivity (Wildman–Crippen MR) is 60.5 cm³/mol. The van der Waals surface area contributed by atoms with Crippen molar-refractivity contribution in [1.82, 2.24) is 10.6 Å². The van der Waals surface area contributed by atoms with Crippen LogP contribution in [0.3, 0.4) is 0 Å². The predicted octanol–water partition coefficient (Wildman–Crippen LogP) is 1.29. The summed E-state index contributed by atoms with van der Waals surface area (Å²) >= 11 is 0. The molecule has 2 rings (SSSR count). The van der Waals surface area contributed by atoms with E-state index >= 15 is 0 Å². The molecule has 1 aliphatic carbocycles. The van der Waals surface area contributed by atoms with E-state index in [4.69, 9.17) is 0 Å². The first-order valence-electron chi connectivity index (χ1n) is 6.19. The zero-order valence-electron chi connectivity index (χ0n) is 9.75. The van der Waals surface area contributed by atoms with Crippen LogP contribution in [0.5, 0.6) is 0 Å². The van der Waals surface area contributed by atoms with E-state index in [0.717, 1.165) is 24.8 Å². The molecule has 1 aliphatic heterocycles. The number of nitrogens with one attached hydrogen (secondary N) is 2. The topological polar surface area (TPSA) is 41.1 Å². The summed E-state index contributed by atoms with van der Waals surface area (Å²) in [4.78, 5) is 11.0. The van der Waals surface area contributed by atoms with Gasteiger partial charge in [0.25, 0.3) is 0 Å². The first kappa shape index (κ1) is 10.9. The number of rotatable bonds is 3. The summed E-state index contributed by atoms with van der Waals surface area (Å²) in [5.74, 6) is 1.84. The second kappa shape index (κ2) is 4.52. The van der Waals surface area contributed by atoms with E-state index in [1.165, 1.54) is 12.8 Å². The Hall–Kier alpha value is -0.570. The molecule has 3 heteroatoms. The van der Waals surface area contributed by atoms with Gasteiger partial charge < -0.3 is 10.6 Å². The van der Waals surface area contributed by atoms with Crippen molar-refractivity contribution in [2.75, 3.05) is 6.54 Å². The summed E-state index contributed by atoms with van der Waals surface area (Å²) in [5.41, 5.74) is 0. The van der Waals surface area contributed by atoms with Gasteiger partial charge in [0, 0.05) is 25.0 Å². The van der Waals surface area contributed by atoms with Crippen molar-refractivity contribution in [2.24, 2.45) is 11.8 Å². The number of hydrogen-bond acceptors (Lipinski definition) is 2. The minimum Gasteiger partial charge on any atom is -0.352 e. The third-order valence-electron chi connectivity index (χ3n) is 4.18. The minimum absolute atomic E-state index is 0.217. The normalized spacial score (nSPS) is 40.8. The van der Waals surface area contributed by atoms with Crippen molar-refractivity contribution < 1.29 is 4.79 Å². The molecule has 2 fully saturated rings. The highest BCUT2D eigenvalue weighted by Crippen LogP contribution is 2.31. The standard InChI is InChI=1S/C12H22N2O/c1-8-3-5-11(9(8)2)13-7-10-4-6-12(15)14-10/h8-11,13H,3-7H2,1-2H3,(H,14,15). The van der Waals surface area contributed by atoms with Gasteiger partial charge in [0.2, 0.25) is 5.91 Å². The molecule has 0 bridgehead atoms. The third kappa shape index (κ3) is 2.51. The van der Waals surface area contributed by atoms with Gasteiger partial charge in [0.05, 0.1) is 0 Å². The van der Waals surface area contributed by atoms with Gasteiger partial charge in [0.15, 0.2) is 0 Å². The molecule has 86 valence electrons. The van der Waals surface area contributed by atoms with Crippen LogP contribution >= 0.6 is 0 Å². The molecular formula is C12H22N2O. The molecule has 0 radical (unpaired) electrons. The summed E-state index contributed by atoms with van der Waals surface area (Å²) in [7, 11) is 0. The molecule has 0 aromatic rings. The third-order valence-corrected chi connectivity index (χ3v) is 4.18. The van der Waals surface area contributed by atoms with Gasteiger partial charge in [-0.05, 0) is 31.1 Å². The highest BCUT2D eigenvalue weighted by atomic mass is 16.1. The van der Waals surface area contributed by atoms with Crippen molar-refractivity contribution in [3.63, 3.8) is 0 Å². The Morgan fingerprint density at radius 3 is 2.67 bits per heavy atom. The molecule has 0 aromatic heterocycles. The number of amides is 1. The summed E-state index contributed by atoms with van der Waals surface area (Å²) in [6.45, 7) is 5.62. The van der Waals surface area contributed by atoms with Crippen LogP contribution in [0.1, 0.15) is 39.5 Å². The van der Waals surface area contributed by atoms with Crippen molar-refractivity contribution in [1.29, 1.82) is 0 Å². The van der Waals surface area contributed by atoms with Crippen LogP contribution < -0.4 is 10.6 Å². The van der Waals surface area contributed by atoms with Gasteiger partial charge in [-0.1, -0.05) is 13.8 Å². The Morgan fingerprint density at radius 2 is 2.13 bits per heavy atom. The molecule has 2 aliphatic rings. The molecule has 0 aromatic carbocycles. The van der Waals surface area contributed by atoms with Gasteiger partial charge in [-0.2, -0.15) is 0 Å². The largest absolute Gasteiger partial charge is 0.352 e. The maximum atomic E-state index is 11.0. The molecule has 1 saturated heterocycles. The lowest BCUT2D eigenvalue weighted by molar-refractivity contribution is -0.119. The molecule has 2 N–H and O–H groups in total. The highest BCUT2D eigenvalue weighted by Gasteiger charge is 2.30. The van der Waals surface area contributed by atoms with Gasteiger partial charge in [0.1, 0.15) is 0 Å². The van der Waals surface area contributed by atoms with Gasteiger partial charge in [-0.3, -0.25) is 4.79 Å². The van der Waals surface area contributed by atoms with Crippen LogP contribution in [-0.2, 0) is 4.79 Å². The number of carbonyl (C=O) groups excluding carboxylic acids is 1. The molecule has 1 amide bonds. The molecule has 4 unspecified atom stereocenters. The summed E-state index contributed by atoms with van der Waals surface area (Å²) in [6, 6.07) is 1.04. The van der Waals surface area contributed by atoms with Gasteiger partial charge in [-0.25, -0.2) is 0 Å². The summed E-state index contributed by atoms with van der Waals surface area (Å²) in [6.07, 6.45) is 4.35. The first-order valence-corrected chi connectivity index (χ1v) is 6.19. The fraction of sp³-hybridized carbons (Fsp3) is 0.917. The van der Waals surface area contributed by atoms with Crippen LogP contribution in [-0.4, -0.2) is 24.5 Å². The number of carbonyl (C=O) groups is 1. The highest BCUT2D eigenvalue weighted by molar-refractivity contribution is 5.78. The minimum atomic E-state index is 0.217. The van der Waals surface area contributed by atoms with E-state index in [1.54, 1.807) is 0 Å². The Bertz CT molecular complexity index is 242. The van der Waals surface area contributed by atoms with Gasteiger partial charge >= 0.3 is 0 Å². The lowest BCUT2D eigenvalue weighted by Gasteiger charge is -2.21. The Balaban J connectivity index is 1.72. The molecule has 15 heavy (non-hydrogen) atoms. The van der Waals surface area contributed by atoms with Crippen LogP contribution in [0.2, 0.25) is 0 Å². The summed E-state index contributed by atoms with van der Waals surface area (Å²) < 4.78 is 0. The Labute approximate surface area is 92.0 Å². The molecule has 1 saturated carbocycles. The zero-order valence-corrected chi connectivity index (χ0v) is 9.75. The fourth-order valence-electron chi connectivity index (χ4n) is 2.78. The fourth-order valence-corrected chi connectivity index (χ4v) is 2.78. The van der Waals surface area contributed by atoms with Crippen LogP contribution in [0, 0.1) is 11.8 Å². The van der Waals surface area contributed by atoms with Crippen LogP contribution in [0.4, 0.5) is 0 Å². The van der Waals surface area contributed by atoms with Crippen LogP contribution in [0.15, 0.2) is 0 Å². The average Bonchev–Trinajstić information content (AvgIpc) is 2.74. The van der Waals surface area contributed by atoms with E-state index in [0.29, 0.717) is 18.5 Å². The van der Waals surface area contributed by atoms with E-state index in [-0.39, 0.29) is 5.91 Å². The van der Waals surface area contributed by atoms with E-state index in [1.807, 2.05) is 0 Å². The maximum Gasteiger partial charge on any atom is 0.220 e. The quantitative estimate of drug-likeness (QED) is 0.737.